The Labute approximate surface area is 109 Å². The molecule has 2 rings (SSSR count). The van der Waals surface area contributed by atoms with E-state index in [-0.39, 0.29) is 6.54 Å². The average Bonchev–Trinajstić information content (AvgIpc) is 2.97. The number of sulfonamides is 1. The van der Waals surface area contributed by atoms with Gasteiger partial charge in [-0.05, 0) is 18.4 Å². The van der Waals surface area contributed by atoms with E-state index in [1.807, 2.05) is 0 Å². The molecule has 0 radical (unpaired) electrons. The Bertz CT molecular complexity index is 604. The zero-order valence-electron chi connectivity index (χ0n) is 10.0. The lowest BCUT2D eigenvalue weighted by Crippen LogP contribution is -2.30. The standard InChI is InChI=1S/C10H13N3O3S2/c1-3-13(7-9-8(2)11-16-12-9)18(14,15)10-5-4-6-17-10/h4-6H,3,7H2,1-2H3. The van der Waals surface area contributed by atoms with Gasteiger partial charge in [-0.15, -0.1) is 11.3 Å². The smallest absolute Gasteiger partial charge is 0.244 e. The van der Waals surface area contributed by atoms with Crippen molar-refractivity contribution in [1.29, 1.82) is 0 Å². The predicted molar refractivity (Wildman–Crippen MR) is 66.6 cm³/mol. The van der Waals surface area contributed by atoms with Crippen LogP contribution in [0, 0.1) is 6.92 Å². The van der Waals surface area contributed by atoms with Crippen molar-refractivity contribution in [2.45, 2.75) is 24.6 Å². The highest BCUT2D eigenvalue weighted by atomic mass is 32.2. The largest absolute Gasteiger partial charge is 0.252 e. The highest BCUT2D eigenvalue weighted by Crippen LogP contribution is 2.22. The molecule has 0 atom stereocenters. The minimum Gasteiger partial charge on any atom is -0.244 e. The van der Waals surface area contributed by atoms with Crippen molar-refractivity contribution in [1.82, 2.24) is 14.6 Å². The average molecular weight is 287 g/mol. The molecule has 6 nitrogen and oxygen atoms in total. The molecule has 0 bridgehead atoms. The van der Waals surface area contributed by atoms with Crippen LogP contribution in [0.15, 0.2) is 26.4 Å². The summed E-state index contributed by atoms with van der Waals surface area (Å²) in [7, 11) is -3.46. The van der Waals surface area contributed by atoms with Gasteiger partial charge in [-0.1, -0.05) is 23.3 Å². The van der Waals surface area contributed by atoms with E-state index in [9.17, 15) is 8.42 Å². The summed E-state index contributed by atoms with van der Waals surface area (Å²) in [5.41, 5.74) is 1.15. The van der Waals surface area contributed by atoms with E-state index in [2.05, 4.69) is 14.9 Å². The van der Waals surface area contributed by atoms with Gasteiger partial charge < -0.3 is 0 Å². The second-order valence-electron chi connectivity index (χ2n) is 3.66. The van der Waals surface area contributed by atoms with Gasteiger partial charge in [0.15, 0.2) is 0 Å². The van der Waals surface area contributed by atoms with Gasteiger partial charge in [-0.25, -0.2) is 13.0 Å². The van der Waals surface area contributed by atoms with Gasteiger partial charge in [0.25, 0.3) is 10.0 Å². The van der Waals surface area contributed by atoms with Crippen molar-refractivity contribution < 1.29 is 13.0 Å². The fourth-order valence-electron chi connectivity index (χ4n) is 1.46. The van der Waals surface area contributed by atoms with E-state index in [1.54, 1.807) is 31.4 Å². The number of thiophene rings is 1. The third kappa shape index (κ3) is 2.45. The number of aryl methyl sites for hydroxylation is 1. The molecule has 18 heavy (non-hydrogen) atoms. The van der Waals surface area contributed by atoms with Crippen LogP contribution in [-0.2, 0) is 16.6 Å². The summed E-state index contributed by atoms with van der Waals surface area (Å²) in [5, 5.41) is 9.09. The molecule has 0 spiro atoms. The van der Waals surface area contributed by atoms with Crippen LogP contribution in [0.1, 0.15) is 18.3 Å². The molecular formula is C10H13N3O3S2. The summed E-state index contributed by atoms with van der Waals surface area (Å²) >= 11 is 1.20. The van der Waals surface area contributed by atoms with Crippen LogP contribution in [0.3, 0.4) is 0 Å². The molecule has 2 aromatic rings. The zero-order valence-corrected chi connectivity index (χ0v) is 11.7. The van der Waals surface area contributed by atoms with Crippen LogP contribution in [0.2, 0.25) is 0 Å². The number of hydrogen-bond donors (Lipinski definition) is 0. The normalized spacial score (nSPS) is 12.2. The zero-order chi connectivity index (χ0) is 13.2. The summed E-state index contributed by atoms with van der Waals surface area (Å²) < 4.78 is 30.9. The molecule has 0 saturated carbocycles. The molecule has 0 N–H and O–H groups in total. The van der Waals surface area contributed by atoms with Crippen LogP contribution in [-0.4, -0.2) is 29.6 Å². The van der Waals surface area contributed by atoms with Gasteiger partial charge in [0.1, 0.15) is 15.6 Å². The fraction of sp³-hybridized carbons (Fsp3) is 0.400. The fourth-order valence-corrected chi connectivity index (χ4v) is 4.02. The Morgan fingerprint density at radius 3 is 2.72 bits per heavy atom. The molecule has 98 valence electrons. The Kier molecular flexibility index (Phi) is 3.79. The van der Waals surface area contributed by atoms with Crippen LogP contribution >= 0.6 is 11.3 Å². The van der Waals surface area contributed by atoms with Crippen molar-refractivity contribution in [2.75, 3.05) is 6.54 Å². The molecule has 0 saturated heterocycles. The molecule has 0 amide bonds. The molecule has 2 aromatic heterocycles. The quantitative estimate of drug-likeness (QED) is 0.835. The monoisotopic (exact) mass is 287 g/mol. The second kappa shape index (κ2) is 5.17. The van der Waals surface area contributed by atoms with E-state index < -0.39 is 10.0 Å². The summed E-state index contributed by atoms with van der Waals surface area (Å²) in [4.78, 5) is 0. The minimum atomic E-state index is -3.46. The summed E-state index contributed by atoms with van der Waals surface area (Å²) in [5.74, 6) is 0. The lowest BCUT2D eigenvalue weighted by atomic mass is 10.3. The molecule has 0 unspecified atom stereocenters. The molecule has 8 heteroatoms. The number of nitrogens with zero attached hydrogens (tertiary/aromatic N) is 3. The van der Waals surface area contributed by atoms with Gasteiger partial charge in [0.2, 0.25) is 0 Å². The molecule has 0 fully saturated rings. The Balaban J connectivity index is 2.27. The van der Waals surface area contributed by atoms with Crippen LogP contribution < -0.4 is 0 Å². The number of hydrogen-bond acceptors (Lipinski definition) is 6. The maximum atomic E-state index is 12.3. The van der Waals surface area contributed by atoms with E-state index in [4.69, 9.17) is 0 Å². The molecule has 0 aromatic carbocycles. The van der Waals surface area contributed by atoms with Gasteiger partial charge in [0, 0.05) is 6.54 Å². The molecule has 0 aliphatic heterocycles. The maximum Gasteiger partial charge on any atom is 0.252 e. The van der Waals surface area contributed by atoms with Gasteiger partial charge in [-0.2, -0.15) is 4.31 Å². The van der Waals surface area contributed by atoms with Crippen molar-refractivity contribution in [3.8, 4) is 0 Å². The first-order valence-corrected chi connectivity index (χ1v) is 7.69. The van der Waals surface area contributed by atoms with Crippen LogP contribution in [0.4, 0.5) is 0 Å². The number of rotatable bonds is 5. The lowest BCUT2D eigenvalue weighted by molar-refractivity contribution is 0.296. The predicted octanol–water partition coefficient (Wildman–Crippen LogP) is 1.65. The third-order valence-corrected chi connectivity index (χ3v) is 5.81. The maximum absolute atomic E-state index is 12.3. The van der Waals surface area contributed by atoms with Gasteiger partial charge in [0.05, 0.1) is 6.54 Å². The van der Waals surface area contributed by atoms with Gasteiger partial charge in [-0.3, -0.25) is 0 Å². The third-order valence-electron chi connectivity index (χ3n) is 2.51. The topological polar surface area (TPSA) is 76.3 Å². The first-order chi connectivity index (χ1) is 8.55. The molecular weight excluding hydrogens is 274 g/mol. The first-order valence-electron chi connectivity index (χ1n) is 5.37. The first kappa shape index (κ1) is 13.2. The van der Waals surface area contributed by atoms with Crippen LogP contribution in [0.5, 0.6) is 0 Å². The summed E-state index contributed by atoms with van der Waals surface area (Å²) in [6.45, 7) is 4.06. The second-order valence-corrected chi connectivity index (χ2v) is 6.77. The molecule has 2 heterocycles. The highest BCUT2D eigenvalue weighted by Gasteiger charge is 2.25. The minimum absolute atomic E-state index is 0.173. The van der Waals surface area contributed by atoms with Crippen LogP contribution in [0.25, 0.3) is 0 Å². The molecule has 0 aliphatic rings. The van der Waals surface area contributed by atoms with E-state index in [0.29, 0.717) is 22.1 Å². The Morgan fingerprint density at radius 1 is 1.44 bits per heavy atom. The highest BCUT2D eigenvalue weighted by molar-refractivity contribution is 7.91. The van der Waals surface area contributed by atoms with E-state index >= 15 is 0 Å². The van der Waals surface area contributed by atoms with Gasteiger partial charge >= 0.3 is 0 Å². The van der Waals surface area contributed by atoms with E-state index in [1.165, 1.54) is 15.6 Å². The number of aromatic nitrogens is 2. The Morgan fingerprint density at radius 2 is 2.22 bits per heavy atom. The van der Waals surface area contributed by atoms with Crippen molar-refractivity contribution >= 4 is 21.4 Å². The summed E-state index contributed by atoms with van der Waals surface area (Å²) in [6.07, 6.45) is 0. The van der Waals surface area contributed by atoms with E-state index in [0.717, 1.165) is 0 Å². The molecule has 0 aliphatic carbocycles. The SMILES string of the molecule is CCN(Cc1nonc1C)S(=O)(=O)c1cccs1. The Hall–Kier alpha value is -1.25. The summed E-state index contributed by atoms with van der Waals surface area (Å²) in [6, 6.07) is 3.31. The lowest BCUT2D eigenvalue weighted by Gasteiger charge is -2.18. The van der Waals surface area contributed by atoms with Crippen molar-refractivity contribution in [3.63, 3.8) is 0 Å². The van der Waals surface area contributed by atoms with Crippen molar-refractivity contribution in [3.05, 3.63) is 28.9 Å². The van der Waals surface area contributed by atoms with Crippen molar-refractivity contribution in [2.24, 2.45) is 0 Å².